The summed E-state index contributed by atoms with van der Waals surface area (Å²) in [6.07, 6.45) is -0.0859. The molecule has 1 aliphatic rings. The molecule has 0 spiro atoms. The molecule has 1 fully saturated rings. The Labute approximate surface area is 227 Å². The maximum atomic E-state index is 13.6. The molecule has 0 aromatic heterocycles. The van der Waals surface area contributed by atoms with Gasteiger partial charge in [-0.25, -0.2) is 0 Å². The fraction of sp³-hybridized carbons (Fsp3) is 0.154. The highest BCUT2D eigenvalue weighted by atomic mass is 127. The van der Waals surface area contributed by atoms with Gasteiger partial charge in [-0.2, -0.15) is 0 Å². The van der Waals surface area contributed by atoms with Crippen LogP contribution in [0.15, 0.2) is 72.8 Å². The van der Waals surface area contributed by atoms with E-state index in [1.54, 1.807) is 35.2 Å². The predicted molar refractivity (Wildman–Crippen MR) is 150 cm³/mol. The summed E-state index contributed by atoms with van der Waals surface area (Å²) < 4.78 is 1.05. The second-order valence-electron chi connectivity index (χ2n) is 8.05. The fourth-order valence-electron chi connectivity index (χ4n) is 3.83. The van der Waals surface area contributed by atoms with Crippen molar-refractivity contribution < 1.29 is 14.4 Å². The lowest BCUT2D eigenvalue weighted by molar-refractivity contribution is -0.124. The van der Waals surface area contributed by atoms with Crippen molar-refractivity contribution in [1.29, 1.82) is 0 Å². The number of nitrogens with zero attached hydrogens (tertiary/aromatic N) is 2. The summed E-state index contributed by atoms with van der Waals surface area (Å²) in [4.78, 5) is 41.3. The number of anilines is 2. The zero-order valence-electron chi connectivity index (χ0n) is 18.7. The van der Waals surface area contributed by atoms with Gasteiger partial charge in [0.05, 0.1) is 12.1 Å². The van der Waals surface area contributed by atoms with Gasteiger partial charge in [-0.05, 0) is 102 Å². The van der Waals surface area contributed by atoms with Crippen LogP contribution in [0.25, 0.3) is 0 Å². The lowest BCUT2D eigenvalue weighted by Gasteiger charge is -2.24. The Morgan fingerprint density at radius 2 is 1.69 bits per heavy atom. The Kier molecular flexibility index (Phi) is 7.83. The normalized spacial score (nSPS) is 15.5. The lowest BCUT2D eigenvalue weighted by Crippen LogP contribution is -2.37. The van der Waals surface area contributed by atoms with Crippen LogP contribution in [0, 0.1) is 3.57 Å². The van der Waals surface area contributed by atoms with Gasteiger partial charge in [0, 0.05) is 26.4 Å². The van der Waals surface area contributed by atoms with Crippen molar-refractivity contribution in [2.45, 2.75) is 25.9 Å². The number of carbonyl (C=O) groups excluding carboxylic acids is 3. The van der Waals surface area contributed by atoms with Gasteiger partial charge in [0.2, 0.25) is 5.91 Å². The zero-order valence-corrected chi connectivity index (χ0v) is 22.4. The Bertz CT molecular complexity index is 1300. The summed E-state index contributed by atoms with van der Waals surface area (Å²) in [5.41, 5.74) is 2.52. The van der Waals surface area contributed by atoms with Crippen molar-refractivity contribution >= 4 is 80.5 Å². The number of Topliss-reactive ketones (excluding diaryl/α,β-unsaturated/α-hetero) is 1. The molecule has 3 aromatic rings. The van der Waals surface area contributed by atoms with Crippen LogP contribution in [0.3, 0.4) is 0 Å². The Morgan fingerprint density at radius 1 is 1.03 bits per heavy atom. The summed E-state index contributed by atoms with van der Waals surface area (Å²) in [6.45, 7) is 1.75. The number of amides is 2. The van der Waals surface area contributed by atoms with Crippen LogP contribution in [0.4, 0.5) is 11.4 Å². The third kappa shape index (κ3) is 5.71. The molecule has 2 amide bonds. The van der Waals surface area contributed by atoms with Gasteiger partial charge in [0.1, 0.15) is 6.04 Å². The number of rotatable bonds is 7. The number of hydrogen-bond acceptors (Lipinski definition) is 4. The summed E-state index contributed by atoms with van der Waals surface area (Å²) in [7, 11) is 0. The number of hydrogen-bond donors (Lipinski definition) is 1. The second-order valence-corrected chi connectivity index (χ2v) is 10.1. The number of halogens is 2. The molecule has 1 aliphatic heterocycles. The van der Waals surface area contributed by atoms with Crippen LogP contribution in [0.5, 0.6) is 0 Å². The third-order valence-electron chi connectivity index (χ3n) is 5.66. The van der Waals surface area contributed by atoms with Gasteiger partial charge in [-0.3, -0.25) is 19.3 Å². The molecule has 1 N–H and O–H groups in total. The number of thiocarbonyl (C=S) groups is 1. The smallest absolute Gasteiger partial charge is 0.256 e. The van der Waals surface area contributed by atoms with Crippen molar-refractivity contribution in [2.75, 3.05) is 10.2 Å². The summed E-state index contributed by atoms with van der Waals surface area (Å²) in [5.74, 6) is -0.682. The fourth-order valence-corrected chi connectivity index (χ4v) is 4.77. The molecule has 0 unspecified atom stereocenters. The molecule has 35 heavy (non-hydrogen) atoms. The van der Waals surface area contributed by atoms with Gasteiger partial charge in [-0.1, -0.05) is 29.8 Å². The van der Waals surface area contributed by atoms with E-state index in [0.717, 1.165) is 9.13 Å². The molecular formula is C26H21ClIN3O3S. The van der Waals surface area contributed by atoms with E-state index in [2.05, 4.69) is 27.9 Å². The molecule has 0 bridgehead atoms. The van der Waals surface area contributed by atoms with Gasteiger partial charge >= 0.3 is 0 Å². The molecule has 1 heterocycles. The SMILES string of the molecule is CC(=O)c1ccc(N2C(=O)[C@@H](CC(=O)Nc3ccc(I)cc3)N(Cc3ccccc3Cl)C2=S)cc1. The average molecular weight is 618 g/mol. The number of carbonyl (C=O) groups is 3. The van der Waals surface area contributed by atoms with Crippen LogP contribution in [-0.2, 0) is 16.1 Å². The molecule has 178 valence electrons. The predicted octanol–water partition coefficient (Wildman–Crippen LogP) is 5.68. The van der Waals surface area contributed by atoms with E-state index >= 15 is 0 Å². The lowest BCUT2D eigenvalue weighted by atomic mass is 10.1. The van der Waals surface area contributed by atoms with Crippen molar-refractivity contribution in [3.8, 4) is 0 Å². The Morgan fingerprint density at radius 3 is 2.31 bits per heavy atom. The first-order valence-corrected chi connectivity index (χ1v) is 12.7. The van der Waals surface area contributed by atoms with E-state index in [1.807, 2.05) is 42.5 Å². The number of nitrogens with one attached hydrogen (secondary N) is 1. The highest BCUT2D eigenvalue weighted by Crippen LogP contribution is 2.30. The third-order valence-corrected chi connectivity index (χ3v) is 7.16. The van der Waals surface area contributed by atoms with E-state index in [-0.39, 0.29) is 35.7 Å². The quantitative estimate of drug-likeness (QED) is 0.210. The van der Waals surface area contributed by atoms with Crippen LogP contribution in [-0.4, -0.2) is 33.7 Å². The molecule has 6 nitrogen and oxygen atoms in total. The van der Waals surface area contributed by atoms with Gasteiger partial charge < -0.3 is 10.2 Å². The molecule has 0 saturated carbocycles. The molecule has 0 radical (unpaired) electrons. The minimum Gasteiger partial charge on any atom is -0.332 e. The van der Waals surface area contributed by atoms with E-state index in [9.17, 15) is 14.4 Å². The highest BCUT2D eigenvalue weighted by molar-refractivity contribution is 14.1. The van der Waals surface area contributed by atoms with E-state index < -0.39 is 6.04 Å². The minimum atomic E-state index is -0.810. The van der Waals surface area contributed by atoms with Gasteiger partial charge in [0.25, 0.3) is 5.91 Å². The van der Waals surface area contributed by atoms with Crippen LogP contribution < -0.4 is 10.2 Å². The molecule has 0 aliphatic carbocycles. The second kappa shape index (κ2) is 10.8. The molecule has 1 saturated heterocycles. The van der Waals surface area contributed by atoms with Crippen LogP contribution >= 0.6 is 46.4 Å². The first kappa shape index (κ1) is 25.3. The zero-order chi connectivity index (χ0) is 25.1. The summed E-state index contributed by atoms with van der Waals surface area (Å²) in [6, 6.07) is 20.6. The first-order valence-electron chi connectivity index (χ1n) is 10.8. The van der Waals surface area contributed by atoms with Crippen LogP contribution in [0.2, 0.25) is 5.02 Å². The largest absolute Gasteiger partial charge is 0.332 e. The highest BCUT2D eigenvalue weighted by Gasteiger charge is 2.44. The topological polar surface area (TPSA) is 69.7 Å². The van der Waals surface area contributed by atoms with Crippen molar-refractivity contribution in [1.82, 2.24) is 4.90 Å². The van der Waals surface area contributed by atoms with Crippen LogP contribution in [0.1, 0.15) is 29.3 Å². The summed E-state index contributed by atoms with van der Waals surface area (Å²) >= 11 is 14.3. The van der Waals surface area contributed by atoms with E-state index in [1.165, 1.54) is 11.8 Å². The standard InChI is InChI=1S/C26H21ClIN3O3S/c1-16(32)17-6-12-21(13-7-17)31-25(34)23(14-24(33)29-20-10-8-19(28)9-11-20)30(26(31)35)15-18-4-2-3-5-22(18)27/h2-13,23H,14-15H2,1H3,(H,29,33)/t23-/m1/s1. The molecular weight excluding hydrogens is 597 g/mol. The first-order chi connectivity index (χ1) is 16.7. The minimum absolute atomic E-state index is 0.0719. The molecule has 9 heteroatoms. The van der Waals surface area contributed by atoms with E-state index in [4.69, 9.17) is 23.8 Å². The van der Waals surface area contributed by atoms with Crippen molar-refractivity contribution in [2.24, 2.45) is 0 Å². The van der Waals surface area contributed by atoms with Crippen molar-refractivity contribution in [3.63, 3.8) is 0 Å². The van der Waals surface area contributed by atoms with Gasteiger partial charge in [0.15, 0.2) is 10.9 Å². The Hall–Kier alpha value is -2.82. The van der Waals surface area contributed by atoms with Gasteiger partial charge in [-0.15, -0.1) is 0 Å². The summed E-state index contributed by atoms with van der Waals surface area (Å²) in [5, 5.41) is 3.68. The maximum absolute atomic E-state index is 13.6. The number of ketones is 1. The maximum Gasteiger partial charge on any atom is 0.256 e. The molecule has 3 aromatic carbocycles. The number of benzene rings is 3. The molecule has 4 rings (SSSR count). The average Bonchev–Trinajstić information content (AvgIpc) is 3.06. The van der Waals surface area contributed by atoms with E-state index in [0.29, 0.717) is 22.0 Å². The Balaban J connectivity index is 1.62. The monoisotopic (exact) mass is 617 g/mol. The molecule has 1 atom stereocenters. The van der Waals surface area contributed by atoms with Crippen molar-refractivity contribution in [3.05, 3.63) is 92.5 Å².